The lowest BCUT2D eigenvalue weighted by molar-refractivity contribution is -0.121. The number of allylic oxidation sites excluding steroid dienone is 2. The molecule has 1 aromatic rings. The van der Waals surface area contributed by atoms with E-state index in [0.29, 0.717) is 11.3 Å². The monoisotopic (exact) mass is 413 g/mol. The Hall–Kier alpha value is -1.58. The maximum atomic E-state index is 12.0. The van der Waals surface area contributed by atoms with Crippen molar-refractivity contribution in [2.75, 3.05) is 6.54 Å². The second kappa shape index (κ2) is 9.28. The van der Waals surface area contributed by atoms with Crippen LogP contribution in [0, 0.1) is 34.5 Å². The van der Waals surface area contributed by atoms with Gasteiger partial charge in [0.05, 0.1) is 6.33 Å². The summed E-state index contributed by atoms with van der Waals surface area (Å²) in [5.74, 6) is 3.27. The fraction of sp³-hybridized carbons (Fsp3) is 0.769. The number of rotatable bonds is 1. The quantitative estimate of drug-likeness (QED) is 0.600. The molecule has 30 heavy (non-hydrogen) atoms. The molecule has 4 heteroatoms. The lowest BCUT2D eigenvalue weighted by Gasteiger charge is -2.58. The summed E-state index contributed by atoms with van der Waals surface area (Å²) in [6.07, 6.45) is 16.7. The number of hydrogen-bond acceptors (Lipinski definition) is 2. The molecule has 6 atom stereocenters. The highest BCUT2D eigenvalue weighted by atomic mass is 16.1. The zero-order chi connectivity index (χ0) is 21.9. The van der Waals surface area contributed by atoms with Gasteiger partial charge in [0, 0.05) is 36.5 Å². The van der Waals surface area contributed by atoms with Gasteiger partial charge in [0.1, 0.15) is 0 Å². The first kappa shape index (κ1) is 23.1. The van der Waals surface area contributed by atoms with Gasteiger partial charge in [-0.15, -0.1) is 0 Å². The zero-order valence-corrected chi connectivity index (χ0v) is 20.1. The van der Waals surface area contributed by atoms with Gasteiger partial charge in [-0.05, 0) is 67.6 Å². The van der Waals surface area contributed by atoms with Crippen molar-refractivity contribution in [1.82, 2.24) is 14.9 Å². The minimum atomic E-state index is 0.266. The van der Waals surface area contributed by atoms with E-state index in [-0.39, 0.29) is 11.3 Å². The molecule has 0 spiro atoms. The Morgan fingerprint density at radius 2 is 1.83 bits per heavy atom. The number of hydrogen-bond donors (Lipinski definition) is 1. The summed E-state index contributed by atoms with van der Waals surface area (Å²) in [4.78, 5) is 16.3. The first-order valence-corrected chi connectivity index (χ1v) is 12.5. The zero-order valence-electron chi connectivity index (χ0n) is 20.1. The Morgan fingerprint density at radius 3 is 2.53 bits per heavy atom. The molecule has 0 radical (unpaired) electrons. The predicted molar refractivity (Wildman–Crippen MR) is 125 cm³/mol. The number of nitrogens with zero attached hydrogens (tertiary/aromatic N) is 2. The van der Waals surface area contributed by atoms with Crippen LogP contribution in [0.3, 0.4) is 0 Å². The molecule has 0 aromatic carbocycles. The highest BCUT2D eigenvalue weighted by Crippen LogP contribution is 2.65. The van der Waals surface area contributed by atoms with Gasteiger partial charge in [-0.3, -0.25) is 4.79 Å². The van der Waals surface area contributed by atoms with Crippen molar-refractivity contribution in [2.45, 2.75) is 86.5 Å². The number of nitrogens with one attached hydrogen (secondary N) is 1. The first-order valence-electron chi connectivity index (χ1n) is 12.5. The van der Waals surface area contributed by atoms with Crippen molar-refractivity contribution in [2.24, 2.45) is 34.5 Å². The molecule has 2 heterocycles. The number of fused-ring (bicyclic) bond motifs is 5. The highest BCUT2D eigenvalue weighted by molar-refractivity contribution is 5.76. The molecule has 1 saturated heterocycles. The van der Waals surface area contributed by atoms with Gasteiger partial charge in [-0.25, -0.2) is 4.98 Å². The van der Waals surface area contributed by atoms with Crippen LogP contribution in [-0.2, 0) is 4.79 Å². The Balaban J connectivity index is 0.000000606. The van der Waals surface area contributed by atoms with Gasteiger partial charge in [-0.2, -0.15) is 0 Å². The average Bonchev–Trinajstić information content (AvgIpc) is 3.38. The van der Waals surface area contributed by atoms with E-state index in [1.165, 1.54) is 37.8 Å². The van der Waals surface area contributed by atoms with Crippen molar-refractivity contribution in [1.29, 1.82) is 0 Å². The molecule has 3 fully saturated rings. The Kier molecular flexibility index (Phi) is 7.14. The van der Waals surface area contributed by atoms with Crippen LogP contribution in [0.4, 0.5) is 0 Å². The van der Waals surface area contributed by atoms with Crippen LogP contribution < -0.4 is 5.32 Å². The Bertz CT molecular complexity index is 739. The molecular formula is C26H43N3O. The third kappa shape index (κ3) is 3.65. The fourth-order valence-electron chi connectivity index (χ4n) is 7.31. The Morgan fingerprint density at radius 1 is 1.07 bits per heavy atom. The van der Waals surface area contributed by atoms with E-state index in [1.807, 2.05) is 40.2 Å². The van der Waals surface area contributed by atoms with Gasteiger partial charge in [-0.1, -0.05) is 47.6 Å². The molecule has 4 aliphatic rings. The molecule has 2 saturated carbocycles. The topological polar surface area (TPSA) is 46.9 Å². The largest absolute Gasteiger partial charge is 0.356 e. The van der Waals surface area contributed by atoms with Crippen molar-refractivity contribution in [3.63, 3.8) is 0 Å². The van der Waals surface area contributed by atoms with Crippen molar-refractivity contribution in [3.8, 4) is 0 Å². The maximum absolute atomic E-state index is 12.0. The lowest BCUT2D eigenvalue weighted by atomic mass is 9.47. The van der Waals surface area contributed by atoms with Crippen LogP contribution in [0.2, 0.25) is 0 Å². The number of carbonyl (C=O) groups is 1. The number of amides is 1. The van der Waals surface area contributed by atoms with Crippen LogP contribution in [0.15, 0.2) is 24.8 Å². The molecule has 0 bridgehead atoms. The van der Waals surface area contributed by atoms with Crippen molar-refractivity contribution in [3.05, 3.63) is 24.8 Å². The number of aromatic nitrogens is 2. The first-order chi connectivity index (χ1) is 14.5. The SMILES string of the molecule is CC.CC.CC12CCC3C(CCC4CNC(=O)CCC43C)C1CC=C2n1ccnc1. The summed E-state index contributed by atoms with van der Waals surface area (Å²) >= 11 is 0. The molecule has 168 valence electrons. The maximum Gasteiger partial charge on any atom is 0.220 e. The van der Waals surface area contributed by atoms with Crippen molar-refractivity contribution < 1.29 is 4.79 Å². The van der Waals surface area contributed by atoms with E-state index in [0.717, 1.165) is 37.1 Å². The molecule has 1 aliphatic heterocycles. The van der Waals surface area contributed by atoms with E-state index in [1.54, 1.807) is 0 Å². The summed E-state index contributed by atoms with van der Waals surface area (Å²) in [6.45, 7) is 13.9. The van der Waals surface area contributed by atoms with Crippen LogP contribution in [0.1, 0.15) is 86.5 Å². The van der Waals surface area contributed by atoms with Crippen LogP contribution >= 0.6 is 0 Å². The van der Waals surface area contributed by atoms with Gasteiger partial charge < -0.3 is 9.88 Å². The van der Waals surface area contributed by atoms with E-state index >= 15 is 0 Å². The number of imidazole rings is 1. The summed E-state index contributed by atoms with van der Waals surface area (Å²) in [5.41, 5.74) is 2.09. The second-order valence-electron chi connectivity index (χ2n) is 9.71. The molecule has 1 amide bonds. The van der Waals surface area contributed by atoms with Crippen LogP contribution in [0.5, 0.6) is 0 Å². The third-order valence-corrected chi connectivity index (χ3v) is 8.82. The predicted octanol–water partition coefficient (Wildman–Crippen LogP) is 6.16. The summed E-state index contributed by atoms with van der Waals surface area (Å²) < 4.78 is 2.25. The van der Waals surface area contributed by atoms with Gasteiger partial charge >= 0.3 is 0 Å². The molecule has 6 unspecified atom stereocenters. The average molecular weight is 414 g/mol. The van der Waals surface area contributed by atoms with E-state index in [9.17, 15) is 4.79 Å². The van der Waals surface area contributed by atoms with E-state index in [4.69, 9.17) is 0 Å². The minimum Gasteiger partial charge on any atom is -0.356 e. The van der Waals surface area contributed by atoms with Crippen LogP contribution in [-0.4, -0.2) is 22.0 Å². The van der Waals surface area contributed by atoms with Gasteiger partial charge in [0.2, 0.25) is 5.91 Å². The summed E-state index contributed by atoms with van der Waals surface area (Å²) in [6, 6.07) is 0. The van der Waals surface area contributed by atoms with Crippen LogP contribution in [0.25, 0.3) is 5.70 Å². The molecular weight excluding hydrogens is 370 g/mol. The third-order valence-electron chi connectivity index (χ3n) is 8.82. The van der Waals surface area contributed by atoms with E-state index in [2.05, 4.69) is 41.0 Å². The smallest absolute Gasteiger partial charge is 0.220 e. The molecule has 1 aromatic heterocycles. The lowest BCUT2D eigenvalue weighted by Crippen LogP contribution is -2.52. The molecule has 5 rings (SSSR count). The highest BCUT2D eigenvalue weighted by Gasteiger charge is 2.58. The summed E-state index contributed by atoms with van der Waals surface area (Å²) in [7, 11) is 0. The standard InChI is InChI=1S/C22H31N3O.2C2H6/c1-21-10-8-20(26)24-13-15(21)3-4-16-17-5-6-19(25-12-11-23-14-25)22(17,2)9-7-18(16)21;2*1-2/h6,11-12,14-18H,3-5,7-10,13H2,1-2H3,(H,24,26);2*1-2H3. The van der Waals surface area contributed by atoms with Gasteiger partial charge in [0.25, 0.3) is 0 Å². The second-order valence-corrected chi connectivity index (χ2v) is 9.71. The number of carbonyl (C=O) groups excluding carboxylic acids is 1. The summed E-state index contributed by atoms with van der Waals surface area (Å²) in [5, 5.41) is 3.18. The molecule has 4 nitrogen and oxygen atoms in total. The van der Waals surface area contributed by atoms with Crippen molar-refractivity contribution >= 4 is 11.6 Å². The molecule has 3 aliphatic carbocycles. The fourth-order valence-corrected chi connectivity index (χ4v) is 7.31. The minimum absolute atomic E-state index is 0.266. The molecule has 1 N–H and O–H groups in total. The van der Waals surface area contributed by atoms with E-state index < -0.39 is 0 Å². The van der Waals surface area contributed by atoms with Gasteiger partial charge in [0.15, 0.2) is 0 Å². The Labute approximate surface area is 183 Å². The normalized spacial score (nSPS) is 39.4.